The number of rotatable bonds is 3. The number of benzene rings is 1. The maximum absolute atomic E-state index is 12.6. The molecule has 1 N–H and O–H groups in total. The van der Waals surface area contributed by atoms with E-state index in [-0.39, 0.29) is 22.8 Å². The van der Waals surface area contributed by atoms with Gasteiger partial charge < -0.3 is 10.2 Å². The van der Waals surface area contributed by atoms with Gasteiger partial charge in [0.15, 0.2) is 0 Å². The van der Waals surface area contributed by atoms with Crippen molar-refractivity contribution in [2.75, 3.05) is 11.6 Å². The zero-order valence-corrected chi connectivity index (χ0v) is 17.4. The predicted molar refractivity (Wildman–Crippen MR) is 110 cm³/mol. The van der Waals surface area contributed by atoms with Crippen molar-refractivity contribution in [1.29, 1.82) is 0 Å². The predicted octanol–water partition coefficient (Wildman–Crippen LogP) is 3.81. The Labute approximate surface area is 161 Å². The van der Waals surface area contributed by atoms with E-state index in [1.54, 1.807) is 22.7 Å². The Kier molecular flexibility index (Phi) is 6.22. The average molecular weight is 375 g/mol. The van der Waals surface area contributed by atoms with Gasteiger partial charge in [-0.05, 0) is 43.4 Å². The topological polar surface area (TPSA) is 49.4 Å². The fourth-order valence-electron chi connectivity index (χ4n) is 2.69. The molecule has 1 fully saturated rings. The van der Waals surface area contributed by atoms with Crippen LogP contribution in [0.15, 0.2) is 30.3 Å². The molecule has 0 radical (unpaired) electrons. The van der Waals surface area contributed by atoms with Crippen molar-refractivity contribution in [3.05, 3.63) is 41.5 Å². The van der Waals surface area contributed by atoms with E-state index in [1.165, 1.54) is 5.56 Å². The number of hydrogen-bond donors (Lipinski definition) is 1. The monoisotopic (exact) mass is 374 g/mol. The summed E-state index contributed by atoms with van der Waals surface area (Å²) in [6.45, 7) is 12.4. The molecule has 0 saturated carbocycles. The summed E-state index contributed by atoms with van der Waals surface area (Å²) in [5, 5.41) is 2.97. The highest BCUT2D eigenvalue weighted by Crippen LogP contribution is 2.24. The molecular formula is C21H30N2O2S. The maximum atomic E-state index is 12.6. The first kappa shape index (κ1) is 20.6. The second-order valence-corrected chi connectivity index (χ2v) is 9.77. The minimum atomic E-state index is -0.403. The normalized spacial score (nSPS) is 18.4. The standard InChI is InChI=1S/C21H30N2O2S/c1-20(2,3)16-10-7-15(8-11-16)9-12-18(24)23-14-26-13-17(23)19(25)22-21(4,5)6/h7-12,17H,13-14H2,1-6H3,(H,22,25)/b12-9+. The van der Waals surface area contributed by atoms with Gasteiger partial charge in [-0.3, -0.25) is 9.59 Å². The molecule has 1 saturated heterocycles. The smallest absolute Gasteiger partial charge is 0.247 e. The first-order valence-corrected chi connectivity index (χ1v) is 10.1. The molecular weight excluding hydrogens is 344 g/mol. The molecule has 1 heterocycles. The van der Waals surface area contributed by atoms with E-state index in [1.807, 2.05) is 39.0 Å². The van der Waals surface area contributed by atoms with Gasteiger partial charge >= 0.3 is 0 Å². The molecule has 1 aliphatic heterocycles. The molecule has 0 aliphatic carbocycles. The molecule has 1 unspecified atom stereocenters. The van der Waals surface area contributed by atoms with Crippen molar-refractivity contribution >= 4 is 29.7 Å². The third-order valence-electron chi connectivity index (χ3n) is 4.16. The highest BCUT2D eigenvalue weighted by molar-refractivity contribution is 7.99. The Morgan fingerprint density at radius 2 is 1.73 bits per heavy atom. The molecule has 5 heteroatoms. The molecule has 0 aromatic heterocycles. The van der Waals surface area contributed by atoms with Crippen molar-refractivity contribution in [3.63, 3.8) is 0 Å². The number of thioether (sulfide) groups is 1. The van der Waals surface area contributed by atoms with Crippen LogP contribution in [0.25, 0.3) is 6.08 Å². The third-order valence-corrected chi connectivity index (χ3v) is 5.17. The molecule has 4 nitrogen and oxygen atoms in total. The van der Waals surface area contributed by atoms with Crippen LogP contribution in [0.3, 0.4) is 0 Å². The summed E-state index contributed by atoms with van der Waals surface area (Å²) in [5.74, 6) is 0.985. The van der Waals surface area contributed by atoms with Gasteiger partial charge in [-0.1, -0.05) is 45.0 Å². The van der Waals surface area contributed by atoms with Gasteiger partial charge in [0, 0.05) is 17.4 Å². The van der Waals surface area contributed by atoms with E-state index >= 15 is 0 Å². The van der Waals surface area contributed by atoms with Crippen molar-refractivity contribution < 1.29 is 9.59 Å². The molecule has 1 aromatic rings. The lowest BCUT2D eigenvalue weighted by molar-refractivity contribution is -0.135. The Hall–Kier alpha value is -1.75. The number of nitrogens with one attached hydrogen (secondary N) is 1. The van der Waals surface area contributed by atoms with E-state index in [2.05, 4.69) is 38.2 Å². The lowest BCUT2D eigenvalue weighted by Gasteiger charge is -2.27. The zero-order valence-electron chi connectivity index (χ0n) is 16.6. The van der Waals surface area contributed by atoms with Crippen LogP contribution in [-0.4, -0.2) is 39.9 Å². The average Bonchev–Trinajstić information content (AvgIpc) is 3.00. The van der Waals surface area contributed by atoms with E-state index < -0.39 is 6.04 Å². The summed E-state index contributed by atoms with van der Waals surface area (Å²) >= 11 is 1.61. The van der Waals surface area contributed by atoms with Crippen LogP contribution in [0.2, 0.25) is 0 Å². The molecule has 1 aliphatic rings. The van der Waals surface area contributed by atoms with Gasteiger partial charge in [0.1, 0.15) is 6.04 Å². The van der Waals surface area contributed by atoms with Gasteiger partial charge in [0.25, 0.3) is 0 Å². The van der Waals surface area contributed by atoms with Gasteiger partial charge in [0.2, 0.25) is 11.8 Å². The van der Waals surface area contributed by atoms with Crippen LogP contribution in [0.1, 0.15) is 52.7 Å². The Bertz CT molecular complexity index is 681. The first-order chi connectivity index (χ1) is 12.0. The lowest BCUT2D eigenvalue weighted by atomic mass is 9.87. The highest BCUT2D eigenvalue weighted by Gasteiger charge is 2.35. The summed E-state index contributed by atoms with van der Waals surface area (Å²) in [6.07, 6.45) is 3.38. The SMILES string of the molecule is CC(C)(C)NC(=O)C1CSCN1C(=O)/C=C/c1ccc(C(C)(C)C)cc1. The summed E-state index contributed by atoms with van der Waals surface area (Å²) in [5.41, 5.74) is 2.05. The van der Waals surface area contributed by atoms with Gasteiger partial charge in [-0.15, -0.1) is 11.8 Å². The van der Waals surface area contributed by atoms with Crippen molar-refractivity contribution in [2.45, 2.75) is 58.5 Å². The third kappa shape index (κ3) is 5.63. The van der Waals surface area contributed by atoms with Crippen molar-refractivity contribution in [2.24, 2.45) is 0 Å². The molecule has 2 rings (SSSR count). The van der Waals surface area contributed by atoms with Crippen LogP contribution in [0.5, 0.6) is 0 Å². The molecule has 142 valence electrons. The minimum Gasteiger partial charge on any atom is -0.350 e. The molecule has 1 aromatic carbocycles. The van der Waals surface area contributed by atoms with Crippen LogP contribution in [0.4, 0.5) is 0 Å². The van der Waals surface area contributed by atoms with Crippen molar-refractivity contribution in [1.82, 2.24) is 10.2 Å². The highest BCUT2D eigenvalue weighted by atomic mass is 32.2. The van der Waals surface area contributed by atoms with E-state index in [0.717, 1.165) is 5.56 Å². The summed E-state index contributed by atoms with van der Waals surface area (Å²) in [6, 6.07) is 7.82. The molecule has 0 bridgehead atoms. The van der Waals surface area contributed by atoms with Gasteiger partial charge in [-0.2, -0.15) is 0 Å². The zero-order chi connectivity index (χ0) is 19.5. The quantitative estimate of drug-likeness (QED) is 0.819. The molecule has 2 amide bonds. The van der Waals surface area contributed by atoms with E-state index in [0.29, 0.717) is 11.6 Å². The fourth-order valence-corrected chi connectivity index (χ4v) is 3.85. The Morgan fingerprint density at radius 1 is 1.12 bits per heavy atom. The van der Waals surface area contributed by atoms with Crippen LogP contribution in [0, 0.1) is 0 Å². The van der Waals surface area contributed by atoms with E-state index in [9.17, 15) is 9.59 Å². The Morgan fingerprint density at radius 3 is 2.27 bits per heavy atom. The summed E-state index contributed by atoms with van der Waals surface area (Å²) in [7, 11) is 0. The van der Waals surface area contributed by atoms with Crippen LogP contribution >= 0.6 is 11.8 Å². The van der Waals surface area contributed by atoms with E-state index in [4.69, 9.17) is 0 Å². The summed E-state index contributed by atoms with van der Waals surface area (Å²) in [4.78, 5) is 26.7. The first-order valence-electron chi connectivity index (χ1n) is 8.96. The molecule has 1 atom stereocenters. The second-order valence-electron chi connectivity index (χ2n) is 8.77. The van der Waals surface area contributed by atoms with Gasteiger partial charge in [-0.25, -0.2) is 0 Å². The van der Waals surface area contributed by atoms with Crippen molar-refractivity contribution in [3.8, 4) is 0 Å². The number of carbonyl (C=O) groups is 2. The fraction of sp³-hybridized carbons (Fsp3) is 0.524. The number of carbonyl (C=O) groups excluding carboxylic acids is 2. The second kappa shape index (κ2) is 7.87. The maximum Gasteiger partial charge on any atom is 0.247 e. The molecule has 26 heavy (non-hydrogen) atoms. The largest absolute Gasteiger partial charge is 0.350 e. The summed E-state index contributed by atoms with van der Waals surface area (Å²) < 4.78 is 0. The van der Waals surface area contributed by atoms with Crippen LogP contribution in [-0.2, 0) is 15.0 Å². The minimum absolute atomic E-state index is 0.0845. The lowest BCUT2D eigenvalue weighted by Crippen LogP contribution is -2.52. The number of hydrogen-bond acceptors (Lipinski definition) is 3. The Balaban J connectivity index is 2.04. The number of amides is 2. The number of nitrogens with zero attached hydrogens (tertiary/aromatic N) is 1. The molecule has 0 spiro atoms. The van der Waals surface area contributed by atoms with Gasteiger partial charge in [0.05, 0.1) is 5.88 Å². The van der Waals surface area contributed by atoms with Crippen LogP contribution < -0.4 is 5.32 Å².